The largest absolute Gasteiger partial charge is 0.389 e. The fourth-order valence-electron chi connectivity index (χ4n) is 2.44. The molecule has 5 nitrogen and oxygen atoms in total. The molecule has 21 heavy (non-hydrogen) atoms. The second kappa shape index (κ2) is 6.85. The quantitative estimate of drug-likeness (QED) is 0.761. The summed E-state index contributed by atoms with van der Waals surface area (Å²) < 4.78 is 4.91. The summed E-state index contributed by atoms with van der Waals surface area (Å²) >= 11 is 0. The van der Waals surface area contributed by atoms with E-state index in [9.17, 15) is 9.90 Å². The Hall–Kier alpha value is -1.69. The van der Waals surface area contributed by atoms with Crippen molar-refractivity contribution in [1.29, 1.82) is 0 Å². The van der Waals surface area contributed by atoms with Crippen LogP contribution in [0.4, 0.5) is 0 Å². The Balaban J connectivity index is 2.12. The van der Waals surface area contributed by atoms with Crippen molar-refractivity contribution in [1.82, 2.24) is 9.88 Å². The van der Waals surface area contributed by atoms with Gasteiger partial charge in [0.15, 0.2) is 5.78 Å². The average molecular weight is 290 g/mol. The van der Waals surface area contributed by atoms with E-state index in [1.807, 2.05) is 43.1 Å². The van der Waals surface area contributed by atoms with Crippen LogP contribution in [0.3, 0.4) is 0 Å². The van der Waals surface area contributed by atoms with Crippen LogP contribution in [0.1, 0.15) is 17.3 Å². The number of rotatable bonds is 7. The minimum absolute atomic E-state index is 0.0413. The number of H-pyrrole nitrogens is 1. The molecule has 0 fully saturated rings. The molecule has 0 aliphatic rings. The van der Waals surface area contributed by atoms with Crippen molar-refractivity contribution >= 4 is 16.7 Å². The van der Waals surface area contributed by atoms with Crippen molar-refractivity contribution < 1.29 is 14.6 Å². The van der Waals surface area contributed by atoms with Crippen LogP contribution in [0.2, 0.25) is 0 Å². The molecule has 1 aromatic heterocycles. The highest BCUT2D eigenvalue weighted by molar-refractivity contribution is 6.10. The van der Waals surface area contributed by atoms with E-state index in [1.165, 1.54) is 0 Å². The van der Waals surface area contributed by atoms with Crippen LogP contribution in [0.25, 0.3) is 10.9 Å². The third kappa shape index (κ3) is 3.50. The number of ether oxygens (including phenoxy) is 1. The van der Waals surface area contributed by atoms with Crippen LogP contribution < -0.4 is 0 Å². The number of benzene rings is 1. The lowest BCUT2D eigenvalue weighted by atomic mass is 10.0. The van der Waals surface area contributed by atoms with Crippen molar-refractivity contribution in [2.45, 2.75) is 19.1 Å². The number of aromatic amines is 1. The smallest absolute Gasteiger partial charge is 0.181 e. The lowest BCUT2D eigenvalue weighted by Crippen LogP contribution is -2.41. The number of carbonyl (C=O) groups excluding carboxylic acids is 1. The van der Waals surface area contributed by atoms with Crippen LogP contribution in [0.15, 0.2) is 30.5 Å². The number of ketones is 1. The molecule has 1 aromatic carbocycles. The van der Waals surface area contributed by atoms with Gasteiger partial charge in [-0.15, -0.1) is 0 Å². The Morgan fingerprint density at radius 1 is 1.43 bits per heavy atom. The number of carbonyl (C=O) groups is 1. The third-order valence-corrected chi connectivity index (χ3v) is 3.75. The molecular formula is C16H22N2O3. The topological polar surface area (TPSA) is 65.6 Å². The zero-order chi connectivity index (χ0) is 15.4. The van der Waals surface area contributed by atoms with Crippen LogP contribution in [0, 0.1) is 0 Å². The number of nitrogens with zero attached hydrogens (tertiary/aromatic N) is 1. The van der Waals surface area contributed by atoms with E-state index in [0.717, 1.165) is 10.9 Å². The molecule has 0 saturated heterocycles. The van der Waals surface area contributed by atoms with Crippen molar-refractivity contribution in [3.63, 3.8) is 0 Å². The molecule has 5 heteroatoms. The zero-order valence-electron chi connectivity index (χ0n) is 12.7. The molecule has 0 aliphatic heterocycles. The van der Waals surface area contributed by atoms with Crippen LogP contribution in [-0.4, -0.2) is 60.2 Å². The maximum atomic E-state index is 12.6. The molecule has 0 amide bonds. The molecule has 2 N–H and O–H groups in total. The molecule has 2 unspecified atom stereocenters. The van der Waals surface area contributed by atoms with Crippen molar-refractivity contribution in [3.05, 3.63) is 36.0 Å². The molecule has 0 radical (unpaired) electrons. The van der Waals surface area contributed by atoms with E-state index in [4.69, 9.17) is 4.74 Å². The first-order valence-corrected chi connectivity index (χ1v) is 7.02. The molecule has 0 saturated carbocycles. The first kappa shape index (κ1) is 15.7. The van der Waals surface area contributed by atoms with Crippen molar-refractivity contribution in [2.75, 3.05) is 27.3 Å². The highest BCUT2D eigenvalue weighted by Crippen LogP contribution is 2.20. The molecule has 114 valence electrons. The zero-order valence-corrected chi connectivity index (χ0v) is 12.7. The van der Waals surface area contributed by atoms with Gasteiger partial charge in [0.2, 0.25) is 0 Å². The van der Waals surface area contributed by atoms with Crippen LogP contribution in [0.5, 0.6) is 0 Å². The number of nitrogens with one attached hydrogen (secondary N) is 1. The lowest BCUT2D eigenvalue weighted by molar-refractivity contribution is 0.0351. The number of methoxy groups -OCH3 is 1. The van der Waals surface area contributed by atoms with Crippen LogP contribution in [-0.2, 0) is 4.74 Å². The van der Waals surface area contributed by atoms with Gasteiger partial charge in [-0.1, -0.05) is 18.2 Å². The van der Waals surface area contributed by atoms with E-state index in [-0.39, 0.29) is 18.4 Å². The molecule has 0 aliphatic carbocycles. The van der Waals surface area contributed by atoms with Crippen molar-refractivity contribution in [3.8, 4) is 0 Å². The number of Topliss-reactive ketones (excluding diaryl/α,β-unsaturated/α-hetero) is 1. The summed E-state index contributed by atoms with van der Waals surface area (Å²) in [5.74, 6) is 0.0413. The fourth-order valence-corrected chi connectivity index (χ4v) is 2.44. The van der Waals surface area contributed by atoms with Gasteiger partial charge in [-0.25, -0.2) is 0 Å². The summed E-state index contributed by atoms with van der Waals surface area (Å²) in [6.45, 7) is 2.51. The van der Waals surface area contributed by atoms with Gasteiger partial charge in [-0.2, -0.15) is 0 Å². The summed E-state index contributed by atoms with van der Waals surface area (Å²) in [6, 6.07) is 7.43. The number of hydrogen-bond acceptors (Lipinski definition) is 4. The molecule has 2 aromatic rings. The number of aliphatic hydroxyl groups is 1. The lowest BCUT2D eigenvalue weighted by Gasteiger charge is -2.25. The summed E-state index contributed by atoms with van der Waals surface area (Å²) in [5, 5.41) is 10.7. The monoisotopic (exact) mass is 290 g/mol. The standard InChI is InChI=1S/C16H22N2O3/c1-11(18(2)9-12(19)10-21-3)16(20)14-8-17-15-7-5-4-6-13(14)15/h4-8,11-12,17,19H,9-10H2,1-3H3. The highest BCUT2D eigenvalue weighted by Gasteiger charge is 2.23. The van der Waals surface area contributed by atoms with Crippen LogP contribution >= 0.6 is 0 Å². The first-order valence-electron chi connectivity index (χ1n) is 7.02. The Labute approximate surface area is 124 Å². The number of para-hydroxylation sites is 1. The number of fused-ring (bicyclic) bond motifs is 1. The van der Waals surface area contributed by atoms with E-state index in [1.54, 1.807) is 13.3 Å². The number of aromatic nitrogens is 1. The Bertz CT molecular complexity index is 608. The van der Waals surface area contributed by atoms with Gasteiger partial charge < -0.3 is 14.8 Å². The summed E-state index contributed by atoms with van der Waals surface area (Å²) in [5.41, 5.74) is 1.64. The van der Waals surface area contributed by atoms with Gasteiger partial charge in [0.05, 0.1) is 18.8 Å². The minimum atomic E-state index is -0.599. The van der Waals surface area contributed by atoms with E-state index >= 15 is 0 Å². The van der Waals surface area contributed by atoms with E-state index in [2.05, 4.69) is 4.98 Å². The maximum Gasteiger partial charge on any atom is 0.181 e. The van der Waals surface area contributed by atoms with Gasteiger partial charge >= 0.3 is 0 Å². The normalized spacial score (nSPS) is 14.5. The first-order chi connectivity index (χ1) is 10.0. The summed E-state index contributed by atoms with van der Waals surface area (Å²) in [4.78, 5) is 17.6. The average Bonchev–Trinajstić information content (AvgIpc) is 2.89. The van der Waals surface area contributed by atoms with Gasteiger partial charge in [-0.05, 0) is 20.0 Å². The molecule has 0 bridgehead atoms. The Kier molecular flexibility index (Phi) is 5.12. The third-order valence-electron chi connectivity index (χ3n) is 3.75. The molecule has 2 rings (SSSR count). The molecule has 0 spiro atoms. The Morgan fingerprint density at radius 2 is 2.14 bits per heavy atom. The molecule has 2 atom stereocenters. The maximum absolute atomic E-state index is 12.6. The predicted octanol–water partition coefficient (Wildman–Crippen LogP) is 1.68. The van der Waals surface area contributed by atoms with Gasteiger partial charge in [-0.3, -0.25) is 9.69 Å². The number of hydrogen-bond donors (Lipinski definition) is 2. The Morgan fingerprint density at radius 3 is 2.86 bits per heavy atom. The summed E-state index contributed by atoms with van der Waals surface area (Å²) in [6.07, 6.45) is 1.15. The second-order valence-electron chi connectivity index (χ2n) is 5.34. The highest BCUT2D eigenvalue weighted by atomic mass is 16.5. The van der Waals surface area contributed by atoms with Gasteiger partial charge in [0.1, 0.15) is 0 Å². The minimum Gasteiger partial charge on any atom is -0.389 e. The van der Waals surface area contributed by atoms with Gasteiger partial charge in [0, 0.05) is 36.3 Å². The fraction of sp³-hybridized carbons (Fsp3) is 0.438. The predicted molar refractivity (Wildman–Crippen MR) is 82.6 cm³/mol. The number of likely N-dealkylation sites (N-methyl/N-ethyl adjacent to an activating group) is 1. The molecule has 1 heterocycles. The van der Waals surface area contributed by atoms with E-state index in [0.29, 0.717) is 12.1 Å². The molecular weight excluding hydrogens is 268 g/mol. The van der Waals surface area contributed by atoms with E-state index < -0.39 is 6.10 Å². The SMILES string of the molecule is COCC(O)CN(C)C(C)C(=O)c1c[nH]c2ccccc12. The summed E-state index contributed by atoms with van der Waals surface area (Å²) in [7, 11) is 3.38. The number of aliphatic hydroxyl groups excluding tert-OH is 1. The second-order valence-corrected chi connectivity index (χ2v) is 5.34. The van der Waals surface area contributed by atoms with Crippen molar-refractivity contribution in [2.24, 2.45) is 0 Å². The van der Waals surface area contributed by atoms with Gasteiger partial charge in [0.25, 0.3) is 0 Å².